The number of nitrogens with zero attached hydrogens (tertiary/aromatic N) is 1. The Bertz CT molecular complexity index is 1610. The Balaban J connectivity index is 1.34. The molecule has 0 radical (unpaired) electrons. The van der Waals surface area contributed by atoms with Crippen LogP contribution in [0.1, 0.15) is 52.4 Å². The van der Waals surface area contributed by atoms with Crippen LogP contribution in [0, 0.1) is 6.92 Å². The van der Waals surface area contributed by atoms with Gasteiger partial charge >= 0.3 is 0 Å². The summed E-state index contributed by atoms with van der Waals surface area (Å²) in [5.41, 5.74) is 2.30. The molecular formula is C33H33N3O7. The van der Waals surface area contributed by atoms with Crippen LogP contribution in [-0.2, 0) is 16.6 Å². The van der Waals surface area contributed by atoms with Gasteiger partial charge < -0.3 is 30.3 Å². The van der Waals surface area contributed by atoms with Crippen LogP contribution in [0.25, 0.3) is 6.08 Å². The van der Waals surface area contributed by atoms with Gasteiger partial charge in [0.15, 0.2) is 23.2 Å². The van der Waals surface area contributed by atoms with E-state index in [0.29, 0.717) is 35.5 Å². The number of amides is 2. The van der Waals surface area contributed by atoms with Crippen LogP contribution in [-0.4, -0.2) is 45.2 Å². The van der Waals surface area contributed by atoms with Gasteiger partial charge in [0.2, 0.25) is 24.5 Å². The molecular weight excluding hydrogens is 550 g/mol. The highest BCUT2D eigenvalue weighted by Crippen LogP contribution is 2.35. The molecule has 0 spiro atoms. The fourth-order valence-corrected chi connectivity index (χ4v) is 5.18. The molecule has 10 nitrogen and oxygen atoms in total. The van der Waals surface area contributed by atoms with E-state index in [1.807, 2.05) is 42.5 Å². The molecule has 0 saturated heterocycles. The lowest BCUT2D eigenvalue weighted by Crippen LogP contribution is -2.44. The minimum Gasteiger partial charge on any atom is -0.494 e. The van der Waals surface area contributed by atoms with E-state index in [2.05, 4.69) is 10.6 Å². The average Bonchev–Trinajstić information content (AvgIpc) is 3.57. The molecule has 1 aliphatic carbocycles. The van der Waals surface area contributed by atoms with Gasteiger partial charge in [0, 0.05) is 18.7 Å². The van der Waals surface area contributed by atoms with Gasteiger partial charge in [-0.15, -0.1) is 0 Å². The van der Waals surface area contributed by atoms with E-state index in [1.165, 1.54) is 20.0 Å². The van der Waals surface area contributed by atoms with E-state index < -0.39 is 29.7 Å². The number of aromatic hydroxyl groups is 2. The van der Waals surface area contributed by atoms with Crippen LogP contribution in [0.15, 0.2) is 78.4 Å². The van der Waals surface area contributed by atoms with Crippen LogP contribution < -0.4 is 20.1 Å². The van der Waals surface area contributed by atoms with Crippen molar-refractivity contribution < 1.29 is 34.1 Å². The van der Waals surface area contributed by atoms with Crippen molar-refractivity contribution in [3.63, 3.8) is 0 Å². The summed E-state index contributed by atoms with van der Waals surface area (Å²) in [6.45, 7) is 1.69. The first kappa shape index (κ1) is 29.2. The van der Waals surface area contributed by atoms with E-state index in [1.54, 1.807) is 30.4 Å². The Kier molecular flexibility index (Phi) is 8.66. The van der Waals surface area contributed by atoms with Crippen molar-refractivity contribution in [3.05, 3.63) is 101 Å². The van der Waals surface area contributed by atoms with Gasteiger partial charge in [-0.05, 0) is 54.7 Å². The number of hydrogen-bond acceptors (Lipinski definition) is 7. The Hall–Kier alpha value is -5.25. The number of allylic oxidation sites excluding steroid dienone is 3. The summed E-state index contributed by atoms with van der Waals surface area (Å²) in [5, 5.41) is 26.6. The SMILES string of the molecule is Cc1c(C(=O)C(NC(=O)C[C@H](NC(=O)C=Cc2ccc3c(c2)OCO3)c2ccccc2)C2=CC=CCC2)c(O)n(C)c1O. The standard InChI is InChI=1S/C33H33N3O7/c1-20-29(33(41)36(2)32(20)40)31(39)30(23-11-7-4-8-12-23)35-28(38)18-24(22-9-5-3-6-10-22)34-27(37)16-14-21-13-15-25-26(17-21)43-19-42-25/h3-7,9-11,13-17,24,30,40-41H,8,12,18-19H2,1-2H3,(H,34,37)(H,35,38)/t24-,30?/m0/s1. The number of aromatic nitrogens is 1. The number of ether oxygens (including phenoxy) is 2. The highest BCUT2D eigenvalue weighted by atomic mass is 16.7. The highest BCUT2D eigenvalue weighted by molar-refractivity contribution is 6.07. The molecule has 3 aromatic rings. The van der Waals surface area contributed by atoms with E-state index in [9.17, 15) is 24.6 Å². The van der Waals surface area contributed by atoms with Crippen LogP contribution >= 0.6 is 0 Å². The number of nitrogens with one attached hydrogen (secondary N) is 2. The molecule has 2 atom stereocenters. The lowest BCUT2D eigenvalue weighted by Gasteiger charge is -2.24. The van der Waals surface area contributed by atoms with Crippen molar-refractivity contribution in [2.24, 2.45) is 7.05 Å². The summed E-state index contributed by atoms with van der Waals surface area (Å²) in [6.07, 6.45) is 9.65. The second kappa shape index (κ2) is 12.7. The summed E-state index contributed by atoms with van der Waals surface area (Å²) in [4.78, 5) is 40.2. The normalized spacial score (nSPS) is 15.2. The summed E-state index contributed by atoms with van der Waals surface area (Å²) in [6, 6.07) is 12.7. The number of ketones is 1. The molecule has 2 amide bonds. The van der Waals surface area contributed by atoms with E-state index in [0.717, 1.165) is 10.1 Å². The summed E-state index contributed by atoms with van der Waals surface area (Å²) in [5.74, 6) is -0.787. The maximum Gasteiger partial charge on any atom is 0.244 e. The predicted molar refractivity (Wildman–Crippen MR) is 160 cm³/mol. The second-order valence-corrected chi connectivity index (χ2v) is 10.4. The highest BCUT2D eigenvalue weighted by Gasteiger charge is 2.33. The molecule has 222 valence electrons. The minimum absolute atomic E-state index is 0.0534. The Morgan fingerprint density at radius 1 is 1.02 bits per heavy atom. The van der Waals surface area contributed by atoms with Crippen molar-refractivity contribution in [1.82, 2.24) is 15.2 Å². The first-order valence-electron chi connectivity index (χ1n) is 13.9. The Morgan fingerprint density at radius 3 is 2.49 bits per heavy atom. The molecule has 43 heavy (non-hydrogen) atoms. The zero-order valence-corrected chi connectivity index (χ0v) is 23.9. The monoisotopic (exact) mass is 583 g/mol. The Morgan fingerprint density at radius 2 is 1.79 bits per heavy atom. The lowest BCUT2D eigenvalue weighted by atomic mass is 9.91. The molecule has 1 aromatic heterocycles. The van der Waals surface area contributed by atoms with Crippen LogP contribution in [0.5, 0.6) is 23.3 Å². The molecule has 2 heterocycles. The molecule has 5 rings (SSSR count). The van der Waals surface area contributed by atoms with Gasteiger partial charge in [-0.1, -0.05) is 54.6 Å². The molecule has 10 heteroatoms. The molecule has 1 unspecified atom stereocenters. The van der Waals surface area contributed by atoms with Crippen molar-refractivity contribution >= 4 is 23.7 Å². The molecule has 2 aromatic carbocycles. The first-order chi connectivity index (χ1) is 20.7. The van der Waals surface area contributed by atoms with Gasteiger partial charge in [-0.2, -0.15) is 0 Å². The third kappa shape index (κ3) is 6.48. The van der Waals surface area contributed by atoms with Crippen LogP contribution in [0.4, 0.5) is 0 Å². The number of fused-ring (bicyclic) bond motifs is 1. The summed E-state index contributed by atoms with van der Waals surface area (Å²) < 4.78 is 11.8. The maximum absolute atomic E-state index is 13.8. The van der Waals surface area contributed by atoms with Gasteiger partial charge in [-0.25, -0.2) is 0 Å². The smallest absolute Gasteiger partial charge is 0.244 e. The fraction of sp³-hybridized carbons (Fsp3) is 0.242. The van der Waals surface area contributed by atoms with E-state index in [4.69, 9.17) is 9.47 Å². The number of rotatable bonds is 10. The summed E-state index contributed by atoms with van der Waals surface area (Å²) >= 11 is 0. The van der Waals surface area contributed by atoms with Crippen LogP contribution in [0.2, 0.25) is 0 Å². The van der Waals surface area contributed by atoms with E-state index >= 15 is 0 Å². The largest absolute Gasteiger partial charge is 0.494 e. The van der Waals surface area contributed by atoms with Crippen molar-refractivity contribution in [2.75, 3.05) is 6.79 Å². The van der Waals surface area contributed by atoms with Crippen molar-refractivity contribution in [2.45, 2.75) is 38.3 Å². The quantitative estimate of drug-likeness (QED) is 0.205. The van der Waals surface area contributed by atoms with Gasteiger partial charge in [0.1, 0.15) is 6.04 Å². The maximum atomic E-state index is 13.8. The zero-order valence-electron chi connectivity index (χ0n) is 23.9. The Labute approximate surface area is 248 Å². The molecule has 0 bridgehead atoms. The summed E-state index contributed by atoms with van der Waals surface area (Å²) in [7, 11) is 1.44. The topological polar surface area (TPSA) is 139 Å². The third-order valence-electron chi connectivity index (χ3n) is 7.53. The second-order valence-electron chi connectivity index (χ2n) is 10.4. The molecule has 0 fully saturated rings. The number of carbonyl (C=O) groups is 3. The zero-order chi connectivity index (χ0) is 30.5. The van der Waals surface area contributed by atoms with Crippen LogP contribution in [0.3, 0.4) is 0 Å². The molecule has 4 N–H and O–H groups in total. The minimum atomic E-state index is -1.07. The lowest BCUT2D eigenvalue weighted by molar-refractivity contribution is -0.122. The third-order valence-corrected chi connectivity index (χ3v) is 7.53. The van der Waals surface area contributed by atoms with Gasteiger partial charge in [0.05, 0.1) is 18.0 Å². The van der Waals surface area contributed by atoms with E-state index in [-0.39, 0.29) is 36.1 Å². The fourth-order valence-electron chi connectivity index (χ4n) is 5.18. The first-order valence-corrected chi connectivity index (χ1v) is 13.9. The number of hydrogen-bond donors (Lipinski definition) is 4. The molecule has 0 saturated carbocycles. The van der Waals surface area contributed by atoms with Gasteiger partial charge in [0.25, 0.3) is 0 Å². The number of benzene rings is 2. The molecule has 2 aliphatic rings. The average molecular weight is 584 g/mol. The van der Waals surface area contributed by atoms with Crippen molar-refractivity contribution in [1.29, 1.82) is 0 Å². The molecule has 1 aliphatic heterocycles. The van der Waals surface area contributed by atoms with Crippen molar-refractivity contribution in [3.8, 4) is 23.3 Å². The number of Topliss-reactive ketones (excluding diaryl/α,β-unsaturated/α-hetero) is 1. The van der Waals surface area contributed by atoms with Gasteiger partial charge in [-0.3, -0.25) is 19.0 Å². The number of carbonyl (C=O) groups excluding carboxylic acids is 3. The predicted octanol–water partition coefficient (Wildman–Crippen LogP) is 4.38.